The maximum absolute atomic E-state index is 13.9. The van der Waals surface area contributed by atoms with Gasteiger partial charge < -0.3 is 54.0 Å². The van der Waals surface area contributed by atoms with Gasteiger partial charge in [0.2, 0.25) is 0 Å². The third-order valence-corrected chi connectivity index (χ3v) is 13.8. The summed E-state index contributed by atoms with van der Waals surface area (Å²) >= 11 is 0. The molecule has 22 nitrogen and oxygen atoms in total. The highest BCUT2D eigenvalue weighted by molar-refractivity contribution is 7.91. The number of azo groups is 1. The Bertz CT molecular complexity index is 2460. The van der Waals surface area contributed by atoms with Crippen molar-refractivity contribution in [1.82, 2.24) is 9.88 Å². The number of aromatic nitrogens is 1. The Kier molecular flexibility index (Phi) is 32.9. The van der Waals surface area contributed by atoms with E-state index in [0.717, 1.165) is 12.8 Å². The number of nitriles is 1. The lowest BCUT2D eigenvalue weighted by Gasteiger charge is -2.20. The molecule has 0 aliphatic heterocycles. The van der Waals surface area contributed by atoms with Gasteiger partial charge in [-0.05, 0) is 89.8 Å². The van der Waals surface area contributed by atoms with Crippen molar-refractivity contribution >= 4 is 62.4 Å². The highest BCUT2D eigenvalue weighted by Crippen LogP contribution is 2.41. The molecular formula is C55H81N7O15S. The van der Waals surface area contributed by atoms with E-state index in [4.69, 9.17) is 48.4 Å². The van der Waals surface area contributed by atoms with Gasteiger partial charge in [0.1, 0.15) is 52.9 Å². The number of likely N-dealkylation sites (N-methyl/N-ethyl adjacent to an activating group) is 1. The van der Waals surface area contributed by atoms with Crippen LogP contribution in [0.2, 0.25) is 0 Å². The highest BCUT2D eigenvalue weighted by Gasteiger charge is 2.25. The predicted octanol–water partition coefficient (Wildman–Crippen LogP) is 8.36. The first-order valence-corrected chi connectivity index (χ1v) is 28.5. The average molecular weight is 1110 g/mol. The summed E-state index contributed by atoms with van der Waals surface area (Å²) in [4.78, 5) is 54.6. The Morgan fingerprint density at radius 3 is 1.76 bits per heavy atom. The highest BCUT2D eigenvalue weighted by atomic mass is 32.2. The van der Waals surface area contributed by atoms with E-state index in [1.807, 2.05) is 42.2 Å². The molecule has 0 aliphatic rings. The standard InChI is InChI=1S/C55H81N7O15S/c1-5-62(28-35-76-51(67)25-15-9-19-32-74-49(65)23-13-7-17-30-63)29-38-78(69,70)48-40-46(71-3)45(39-47(48)72-4)60-61-53-42(2)44(41-56)54(59-55(53)58-43-21-11-6-12-22-43)57-27-34-73-36-37-77-52(68)26-16-10-20-33-75-50(66)24-14-8-18-31-64/h6,11-12,21-22,39-40,63-64H,5,7-10,13-20,23-38H2,1-4H3,(H2,57,58,59)/b61-60+. The van der Waals surface area contributed by atoms with Crippen LogP contribution in [-0.4, -0.2) is 151 Å². The molecule has 1 heterocycles. The molecule has 0 aliphatic carbocycles. The molecule has 0 bridgehead atoms. The summed E-state index contributed by atoms with van der Waals surface area (Å²) in [6, 6.07) is 14.1. The molecule has 0 atom stereocenters. The van der Waals surface area contributed by atoms with Crippen molar-refractivity contribution in [2.24, 2.45) is 10.2 Å². The minimum atomic E-state index is -3.96. The molecule has 432 valence electrons. The number of para-hydroxylation sites is 1. The number of pyridine rings is 1. The summed E-state index contributed by atoms with van der Waals surface area (Å²) in [5, 5.41) is 43.4. The van der Waals surface area contributed by atoms with Gasteiger partial charge in [0.15, 0.2) is 15.7 Å². The lowest BCUT2D eigenvalue weighted by atomic mass is 10.1. The van der Waals surface area contributed by atoms with Crippen molar-refractivity contribution < 1.29 is 71.0 Å². The number of nitrogens with one attached hydrogen (secondary N) is 2. The summed E-state index contributed by atoms with van der Waals surface area (Å²) in [6.07, 6.45) is 9.22. The Balaban J connectivity index is 1.57. The van der Waals surface area contributed by atoms with Gasteiger partial charge >= 0.3 is 23.9 Å². The van der Waals surface area contributed by atoms with Crippen LogP contribution in [0.3, 0.4) is 0 Å². The van der Waals surface area contributed by atoms with Crippen LogP contribution in [0.4, 0.5) is 28.7 Å². The first-order chi connectivity index (χ1) is 37.8. The number of rotatable bonds is 43. The second-order valence-electron chi connectivity index (χ2n) is 18.0. The number of carbonyl (C=O) groups is 4. The van der Waals surface area contributed by atoms with E-state index in [1.165, 1.54) is 26.4 Å². The number of methoxy groups -OCH3 is 2. The normalized spacial score (nSPS) is 11.3. The van der Waals surface area contributed by atoms with E-state index in [2.05, 4.69) is 26.9 Å². The molecule has 2 aromatic carbocycles. The van der Waals surface area contributed by atoms with Crippen LogP contribution in [-0.2, 0) is 52.7 Å². The number of sulfone groups is 1. The third kappa shape index (κ3) is 25.8. The third-order valence-electron chi connectivity index (χ3n) is 12.1. The second-order valence-corrected chi connectivity index (χ2v) is 20.1. The predicted molar refractivity (Wildman–Crippen MR) is 292 cm³/mol. The number of ether oxygens (including phenoxy) is 7. The fourth-order valence-corrected chi connectivity index (χ4v) is 9.07. The fourth-order valence-electron chi connectivity index (χ4n) is 7.61. The van der Waals surface area contributed by atoms with Crippen LogP contribution < -0.4 is 20.1 Å². The number of hydrogen-bond acceptors (Lipinski definition) is 22. The molecule has 0 saturated carbocycles. The van der Waals surface area contributed by atoms with E-state index in [0.29, 0.717) is 108 Å². The molecule has 0 radical (unpaired) electrons. The van der Waals surface area contributed by atoms with Crippen molar-refractivity contribution in [1.29, 1.82) is 5.26 Å². The quantitative estimate of drug-likeness (QED) is 0.0179. The average Bonchev–Trinajstić information content (AvgIpc) is 3.46. The van der Waals surface area contributed by atoms with Gasteiger partial charge in [0.25, 0.3) is 0 Å². The van der Waals surface area contributed by atoms with Gasteiger partial charge in [-0.25, -0.2) is 13.4 Å². The molecule has 1 aromatic heterocycles. The topological polar surface area (TPSA) is 296 Å². The number of esters is 4. The molecule has 0 spiro atoms. The molecule has 4 N–H and O–H groups in total. The fraction of sp³-hybridized carbons (Fsp3) is 0.600. The largest absolute Gasteiger partial charge is 0.495 e. The maximum atomic E-state index is 13.9. The van der Waals surface area contributed by atoms with Crippen LogP contribution in [0.25, 0.3) is 0 Å². The molecule has 78 heavy (non-hydrogen) atoms. The Morgan fingerprint density at radius 2 is 1.22 bits per heavy atom. The SMILES string of the molecule is CCN(CCOC(=O)CCCCCOC(=O)CCCCCO)CCS(=O)(=O)c1cc(OC)c(/N=N/c2c(Nc3ccccc3)nc(NCCOCCOC(=O)CCCCCOC(=O)CCCCCO)c(C#N)c2C)cc1OC. The number of aliphatic hydroxyl groups is 2. The number of aliphatic hydroxyl groups excluding tert-OH is 2. The molecule has 0 amide bonds. The number of carbonyl (C=O) groups excluding carboxylic acids is 4. The number of benzene rings is 2. The first kappa shape index (κ1) is 65.8. The van der Waals surface area contributed by atoms with Gasteiger partial charge in [-0.2, -0.15) is 5.26 Å². The van der Waals surface area contributed by atoms with E-state index < -0.39 is 9.84 Å². The van der Waals surface area contributed by atoms with Crippen molar-refractivity contribution in [3.8, 4) is 17.6 Å². The second kappa shape index (κ2) is 39.0. The van der Waals surface area contributed by atoms with Gasteiger partial charge in [-0.1, -0.05) is 38.0 Å². The maximum Gasteiger partial charge on any atom is 0.305 e. The summed E-state index contributed by atoms with van der Waals surface area (Å²) in [6.45, 7) is 6.12. The van der Waals surface area contributed by atoms with Gasteiger partial charge in [-0.15, -0.1) is 10.2 Å². The number of anilines is 3. The first-order valence-electron chi connectivity index (χ1n) is 26.9. The monoisotopic (exact) mass is 1110 g/mol. The van der Waals surface area contributed by atoms with Crippen LogP contribution in [0.5, 0.6) is 11.5 Å². The summed E-state index contributed by atoms with van der Waals surface area (Å²) in [7, 11) is -1.25. The minimum Gasteiger partial charge on any atom is -0.495 e. The summed E-state index contributed by atoms with van der Waals surface area (Å²) in [5.41, 5.74) is 1.67. The summed E-state index contributed by atoms with van der Waals surface area (Å²) in [5.74, 6) is -0.884. The number of unbranched alkanes of at least 4 members (excludes halogenated alkanes) is 8. The van der Waals surface area contributed by atoms with Crippen LogP contribution in [0.1, 0.15) is 121 Å². The van der Waals surface area contributed by atoms with E-state index in [-0.39, 0.29) is 147 Å². The van der Waals surface area contributed by atoms with E-state index in [9.17, 15) is 32.9 Å². The van der Waals surface area contributed by atoms with E-state index in [1.54, 1.807) is 6.92 Å². The van der Waals surface area contributed by atoms with Crippen molar-refractivity contribution in [2.75, 3.05) is 110 Å². The molecule has 0 saturated heterocycles. The van der Waals surface area contributed by atoms with Gasteiger partial charge in [0.05, 0.1) is 52.0 Å². The van der Waals surface area contributed by atoms with Gasteiger partial charge in [-0.3, -0.25) is 24.1 Å². The lowest BCUT2D eigenvalue weighted by Crippen LogP contribution is -2.32. The van der Waals surface area contributed by atoms with Crippen LogP contribution in [0.15, 0.2) is 57.6 Å². The summed E-state index contributed by atoms with van der Waals surface area (Å²) < 4.78 is 65.7. The number of hydrogen-bond donors (Lipinski definition) is 4. The van der Waals surface area contributed by atoms with Crippen LogP contribution >= 0.6 is 0 Å². The smallest absolute Gasteiger partial charge is 0.305 e. The van der Waals surface area contributed by atoms with E-state index >= 15 is 0 Å². The van der Waals surface area contributed by atoms with Gasteiger partial charge in [0, 0.05) is 81.9 Å². The molecular weight excluding hydrogens is 1030 g/mol. The molecule has 23 heteroatoms. The molecule has 3 rings (SSSR count). The number of nitrogens with zero attached hydrogens (tertiary/aromatic N) is 5. The zero-order valence-electron chi connectivity index (χ0n) is 45.9. The lowest BCUT2D eigenvalue weighted by molar-refractivity contribution is -0.146. The molecule has 0 fully saturated rings. The molecule has 3 aromatic rings. The zero-order chi connectivity index (χ0) is 56.8. The van der Waals surface area contributed by atoms with Crippen molar-refractivity contribution in [3.63, 3.8) is 0 Å². The minimum absolute atomic E-state index is 0.00966. The van der Waals surface area contributed by atoms with Crippen molar-refractivity contribution in [2.45, 2.75) is 121 Å². The Labute approximate surface area is 459 Å². The zero-order valence-corrected chi connectivity index (χ0v) is 46.7. The Morgan fingerprint density at radius 1 is 0.667 bits per heavy atom. The van der Waals surface area contributed by atoms with Crippen molar-refractivity contribution in [3.05, 3.63) is 53.6 Å². The molecule has 0 unspecified atom stereocenters. The Hall–Kier alpha value is -6.45. The van der Waals surface area contributed by atoms with Crippen LogP contribution in [0, 0.1) is 18.3 Å².